The molecule has 1 aromatic heterocycles. The van der Waals surface area contributed by atoms with Gasteiger partial charge in [0.25, 0.3) is 0 Å². The number of hydrogen-bond donors (Lipinski definition) is 0. The minimum atomic E-state index is -0.239. The molecule has 0 N–H and O–H groups in total. The Labute approximate surface area is 208 Å². The summed E-state index contributed by atoms with van der Waals surface area (Å²) in [6.45, 7) is 1.40. The Kier molecular flexibility index (Phi) is 5.00. The summed E-state index contributed by atoms with van der Waals surface area (Å²) < 4.78 is 13.1. The van der Waals surface area contributed by atoms with Crippen molar-refractivity contribution >= 4 is 33.1 Å². The number of rotatable bonds is 3. The van der Waals surface area contributed by atoms with E-state index >= 15 is 0 Å². The van der Waals surface area contributed by atoms with E-state index in [1.165, 1.54) is 42.8 Å². The number of amides is 1. The van der Waals surface area contributed by atoms with Crippen LogP contribution in [0, 0.1) is 0 Å². The Bertz CT molecular complexity index is 1390. The highest BCUT2D eigenvalue weighted by Crippen LogP contribution is 2.45. The monoisotopic (exact) mass is 479 g/mol. The van der Waals surface area contributed by atoms with Gasteiger partial charge < -0.3 is 9.47 Å². The van der Waals surface area contributed by atoms with Crippen LogP contribution < -0.4 is 0 Å². The van der Waals surface area contributed by atoms with E-state index < -0.39 is 0 Å². The Hall–Kier alpha value is -3.41. The Morgan fingerprint density at radius 2 is 1.66 bits per heavy atom. The van der Waals surface area contributed by atoms with Crippen molar-refractivity contribution in [2.45, 2.75) is 24.4 Å². The predicted octanol–water partition coefficient (Wildman–Crippen LogP) is 6.71. The van der Waals surface area contributed by atoms with E-state index in [9.17, 15) is 4.79 Å². The summed E-state index contributed by atoms with van der Waals surface area (Å²) in [5.41, 5.74) is 6.25. The summed E-state index contributed by atoms with van der Waals surface area (Å²) >= 11 is 1.82. The van der Waals surface area contributed by atoms with Crippen molar-refractivity contribution in [3.05, 3.63) is 101 Å². The van der Waals surface area contributed by atoms with Gasteiger partial charge in [-0.25, -0.2) is 4.79 Å². The molecule has 3 aromatic carbocycles. The molecule has 4 nitrogen and oxygen atoms in total. The van der Waals surface area contributed by atoms with Gasteiger partial charge in [0.05, 0.1) is 25.3 Å². The summed E-state index contributed by atoms with van der Waals surface area (Å²) in [7, 11) is 0. The molecule has 2 aliphatic heterocycles. The first-order valence-electron chi connectivity index (χ1n) is 12.2. The molecule has 0 saturated carbocycles. The number of benzene rings is 3. The van der Waals surface area contributed by atoms with Crippen LogP contribution in [-0.2, 0) is 9.47 Å². The summed E-state index contributed by atoms with van der Waals surface area (Å²) in [6, 6.07) is 27.5. The standard InChI is InChI=1S/C30H25NO3S/c32-30(34-18-27-25-10-4-2-8-23(25)24-9-3-5-11-26(24)27)31-21-13-20(14-22(31)17-33-16-21)29-15-19-7-1-6-12-28(19)35-29/h1-13,15,21-22,27H,14,16-18H2. The first-order valence-corrected chi connectivity index (χ1v) is 13.0. The van der Waals surface area contributed by atoms with Crippen LogP contribution in [0.15, 0.2) is 84.9 Å². The van der Waals surface area contributed by atoms with Gasteiger partial charge in [-0.15, -0.1) is 11.3 Å². The number of ether oxygens (including phenoxy) is 2. The third-order valence-corrected chi connectivity index (χ3v) is 8.68. The van der Waals surface area contributed by atoms with Gasteiger partial charge in [0.1, 0.15) is 6.61 Å². The van der Waals surface area contributed by atoms with Crippen LogP contribution in [0.4, 0.5) is 4.79 Å². The summed E-state index contributed by atoms with van der Waals surface area (Å²) in [5, 5.41) is 1.27. The molecule has 2 bridgehead atoms. The average molecular weight is 480 g/mol. The molecular weight excluding hydrogens is 454 g/mol. The summed E-state index contributed by atoms with van der Waals surface area (Å²) in [6.07, 6.45) is 2.76. The van der Waals surface area contributed by atoms with Gasteiger partial charge in [-0.2, -0.15) is 0 Å². The Morgan fingerprint density at radius 3 is 2.40 bits per heavy atom. The summed E-state index contributed by atoms with van der Waals surface area (Å²) in [4.78, 5) is 16.6. The van der Waals surface area contributed by atoms with E-state index in [2.05, 4.69) is 84.9 Å². The van der Waals surface area contributed by atoms with Gasteiger partial charge in [-0.1, -0.05) is 72.8 Å². The van der Waals surface area contributed by atoms with E-state index in [4.69, 9.17) is 9.47 Å². The molecule has 35 heavy (non-hydrogen) atoms. The van der Waals surface area contributed by atoms with E-state index in [1.807, 2.05) is 16.2 Å². The largest absolute Gasteiger partial charge is 0.448 e. The lowest BCUT2D eigenvalue weighted by atomic mass is 9.93. The van der Waals surface area contributed by atoms with Crippen LogP contribution in [0.2, 0.25) is 0 Å². The second kappa shape index (κ2) is 8.36. The molecule has 0 radical (unpaired) electrons. The lowest BCUT2D eigenvalue weighted by Gasteiger charge is -2.43. The van der Waals surface area contributed by atoms with Crippen molar-refractivity contribution in [1.82, 2.24) is 4.90 Å². The molecule has 2 unspecified atom stereocenters. The van der Waals surface area contributed by atoms with Crippen molar-refractivity contribution in [1.29, 1.82) is 0 Å². The molecule has 1 fully saturated rings. The van der Waals surface area contributed by atoms with Gasteiger partial charge in [0.15, 0.2) is 0 Å². The maximum absolute atomic E-state index is 13.4. The maximum atomic E-state index is 13.4. The first-order chi connectivity index (χ1) is 17.3. The minimum Gasteiger partial charge on any atom is -0.448 e. The molecule has 2 atom stereocenters. The third-order valence-electron chi connectivity index (χ3n) is 7.49. The van der Waals surface area contributed by atoms with Gasteiger partial charge >= 0.3 is 6.09 Å². The highest BCUT2D eigenvalue weighted by Gasteiger charge is 2.40. The van der Waals surface area contributed by atoms with Gasteiger partial charge in [0.2, 0.25) is 0 Å². The average Bonchev–Trinajstić information content (AvgIpc) is 3.46. The number of carbonyl (C=O) groups excluding carboxylic acids is 1. The summed E-state index contributed by atoms with van der Waals surface area (Å²) in [5.74, 6) is 0.0666. The van der Waals surface area contributed by atoms with Gasteiger partial charge in [-0.05, 0) is 51.8 Å². The second-order valence-electron chi connectivity index (χ2n) is 9.51. The number of thiophene rings is 1. The highest BCUT2D eigenvalue weighted by atomic mass is 32.1. The van der Waals surface area contributed by atoms with Crippen molar-refractivity contribution < 1.29 is 14.3 Å². The van der Waals surface area contributed by atoms with E-state index in [0.29, 0.717) is 19.8 Å². The fourth-order valence-corrected chi connectivity index (χ4v) is 6.97. The smallest absolute Gasteiger partial charge is 0.410 e. The lowest BCUT2D eigenvalue weighted by Crippen LogP contribution is -2.56. The quantitative estimate of drug-likeness (QED) is 0.328. The van der Waals surface area contributed by atoms with Crippen molar-refractivity contribution in [3.63, 3.8) is 0 Å². The zero-order valence-corrected chi connectivity index (χ0v) is 20.0. The van der Waals surface area contributed by atoms with Crippen molar-refractivity contribution in [2.24, 2.45) is 0 Å². The second-order valence-corrected chi connectivity index (χ2v) is 10.6. The molecule has 7 rings (SSSR count). The Morgan fingerprint density at radius 1 is 0.943 bits per heavy atom. The topological polar surface area (TPSA) is 38.8 Å². The molecule has 4 aromatic rings. The molecule has 3 heterocycles. The van der Waals surface area contributed by atoms with Crippen molar-refractivity contribution in [2.75, 3.05) is 19.8 Å². The zero-order valence-electron chi connectivity index (χ0n) is 19.2. The lowest BCUT2D eigenvalue weighted by molar-refractivity contribution is -0.0331. The molecular formula is C30H25NO3S. The van der Waals surface area contributed by atoms with Crippen LogP contribution in [-0.4, -0.2) is 42.9 Å². The molecule has 174 valence electrons. The number of hydrogen-bond acceptors (Lipinski definition) is 4. The molecule has 1 aliphatic carbocycles. The molecule has 1 amide bonds. The third kappa shape index (κ3) is 3.49. The SMILES string of the molecule is O=C(OCC1c2ccccc2-c2ccccc21)N1C2C=C(c3cc4ccccc4s3)CC1COC2. The highest BCUT2D eigenvalue weighted by molar-refractivity contribution is 7.20. The number of nitrogens with zero attached hydrogens (tertiary/aromatic N) is 1. The molecule has 1 saturated heterocycles. The fourth-order valence-electron chi connectivity index (χ4n) is 5.87. The van der Waals surface area contributed by atoms with Crippen LogP contribution in [0.1, 0.15) is 28.3 Å². The fraction of sp³-hybridized carbons (Fsp3) is 0.233. The van der Waals surface area contributed by atoms with Crippen molar-refractivity contribution in [3.8, 4) is 11.1 Å². The number of carbonyl (C=O) groups is 1. The van der Waals surface area contributed by atoms with Crippen LogP contribution in [0.3, 0.4) is 0 Å². The van der Waals surface area contributed by atoms with Crippen LogP contribution >= 0.6 is 11.3 Å². The van der Waals surface area contributed by atoms with E-state index in [-0.39, 0.29) is 24.1 Å². The Balaban J connectivity index is 1.12. The number of morpholine rings is 1. The first kappa shape index (κ1) is 20.9. The van der Waals surface area contributed by atoms with Crippen LogP contribution in [0.25, 0.3) is 26.8 Å². The molecule has 0 spiro atoms. The molecule has 5 heteroatoms. The zero-order chi connectivity index (χ0) is 23.4. The van der Waals surface area contributed by atoms with E-state index in [0.717, 1.165) is 6.42 Å². The van der Waals surface area contributed by atoms with Gasteiger partial charge in [0, 0.05) is 15.5 Å². The van der Waals surface area contributed by atoms with Crippen LogP contribution in [0.5, 0.6) is 0 Å². The predicted molar refractivity (Wildman–Crippen MR) is 140 cm³/mol. The number of fused-ring (bicyclic) bond motifs is 6. The van der Waals surface area contributed by atoms with E-state index in [1.54, 1.807) is 0 Å². The normalized spacial score (nSPS) is 20.9. The maximum Gasteiger partial charge on any atom is 0.410 e. The minimum absolute atomic E-state index is 0.00499. The molecule has 3 aliphatic rings. The van der Waals surface area contributed by atoms with Gasteiger partial charge in [-0.3, -0.25) is 4.90 Å².